The summed E-state index contributed by atoms with van der Waals surface area (Å²) < 4.78 is 0. The summed E-state index contributed by atoms with van der Waals surface area (Å²) in [7, 11) is 1.96. The van der Waals surface area contributed by atoms with Gasteiger partial charge < -0.3 is 10.6 Å². The van der Waals surface area contributed by atoms with Crippen molar-refractivity contribution in [2.24, 2.45) is 0 Å². The molecule has 0 aliphatic heterocycles. The number of nitrogens with one attached hydrogen (secondary N) is 3. The van der Waals surface area contributed by atoms with Crippen LogP contribution < -0.4 is 10.6 Å². The van der Waals surface area contributed by atoms with Crippen LogP contribution >= 0.6 is 0 Å². The smallest absolute Gasteiger partial charge is 0.0535 e. The summed E-state index contributed by atoms with van der Waals surface area (Å²) >= 11 is 0. The highest BCUT2D eigenvalue weighted by molar-refractivity contribution is 5.13. The van der Waals surface area contributed by atoms with E-state index < -0.39 is 0 Å². The van der Waals surface area contributed by atoms with Gasteiger partial charge in [0.25, 0.3) is 0 Å². The number of H-pyrrole nitrogens is 1. The van der Waals surface area contributed by atoms with Crippen molar-refractivity contribution in [1.82, 2.24) is 20.8 Å². The van der Waals surface area contributed by atoms with E-state index in [0.29, 0.717) is 6.04 Å². The van der Waals surface area contributed by atoms with Crippen molar-refractivity contribution in [1.29, 1.82) is 0 Å². The summed E-state index contributed by atoms with van der Waals surface area (Å²) in [6.07, 6.45) is 1.87. The first kappa shape index (κ1) is 10.2. The molecule has 74 valence electrons. The van der Waals surface area contributed by atoms with Gasteiger partial charge in [0, 0.05) is 30.4 Å². The highest BCUT2D eigenvalue weighted by Crippen LogP contribution is 2.01. The van der Waals surface area contributed by atoms with Crippen molar-refractivity contribution in [2.75, 3.05) is 13.6 Å². The van der Waals surface area contributed by atoms with Crippen molar-refractivity contribution >= 4 is 0 Å². The Labute approximate surface area is 79.1 Å². The van der Waals surface area contributed by atoms with Crippen LogP contribution in [-0.4, -0.2) is 29.8 Å². The Kier molecular flexibility index (Phi) is 3.92. The molecule has 13 heavy (non-hydrogen) atoms. The Bertz CT molecular complexity index is 244. The van der Waals surface area contributed by atoms with E-state index >= 15 is 0 Å². The zero-order valence-corrected chi connectivity index (χ0v) is 8.52. The minimum absolute atomic E-state index is 0.485. The van der Waals surface area contributed by atoms with Gasteiger partial charge in [0.1, 0.15) is 0 Å². The lowest BCUT2D eigenvalue weighted by Gasteiger charge is -2.12. The number of rotatable bonds is 5. The Hall–Kier alpha value is -0.870. The molecule has 1 heterocycles. The fourth-order valence-electron chi connectivity index (χ4n) is 1.22. The minimum atomic E-state index is 0.485. The molecule has 4 heteroatoms. The van der Waals surface area contributed by atoms with Gasteiger partial charge in [0.05, 0.1) is 6.20 Å². The molecule has 0 spiro atoms. The van der Waals surface area contributed by atoms with Crippen molar-refractivity contribution in [3.63, 3.8) is 0 Å². The Morgan fingerprint density at radius 2 is 2.38 bits per heavy atom. The van der Waals surface area contributed by atoms with Gasteiger partial charge >= 0.3 is 0 Å². The van der Waals surface area contributed by atoms with Gasteiger partial charge in [-0.25, -0.2) is 0 Å². The normalized spacial score (nSPS) is 13.2. The molecular formula is C9H18N4. The highest BCUT2D eigenvalue weighted by Gasteiger charge is 2.02. The molecule has 0 bridgehead atoms. The molecule has 0 saturated heterocycles. The van der Waals surface area contributed by atoms with Crippen LogP contribution in [0.4, 0.5) is 0 Å². The van der Waals surface area contributed by atoms with Gasteiger partial charge in [-0.15, -0.1) is 0 Å². The van der Waals surface area contributed by atoms with Crippen LogP contribution in [0.2, 0.25) is 0 Å². The van der Waals surface area contributed by atoms with E-state index in [1.165, 1.54) is 5.56 Å². The first-order chi connectivity index (χ1) is 6.24. The average Bonchev–Trinajstić information content (AvgIpc) is 2.48. The fraction of sp³-hybridized carbons (Fsp3) is 0.667. The molecular weight excluding hydrogens is 164 g/mol. The van der Waals surface area contributed by atoms with E-state index in [2.05, 4.69) is 27.8 Å². The van der Waals surface area contributed by atoms with E-state index in [1.54, 1.807) is 0 Å². The predicted molar refractivity (Wildman–Crippen MR) is 53.6 cm³/mol. The van der Waals surface area contributed by atoms with E-state index in [4.69, 9.17) is 0 Å². The quantitative estimate of drug-likeness (QED) is 0.618. The third kappa shape index (κ3) is 3.16. The summed E-state index contributed by atoms with van der Waals surface area (Å²) in [4.78, 5) is 0. The highest BCUT2D eigenvalue weighted by atomic mass is 15.1. The average molecular weight is 182 g/mol. The lowest BCUT2D eigenvalue weighted by molar-refractivity contribution is 0.522. The van der Waals surface area contributed by atoms with Crippen molar-refractivity contribution in [3.05, 3.63) is 17.5 Å². The summed E-state index contributed by atoms with van der Waals surface area (Å²) in [6.45, 7) is 6.06. The molecule has 0 aliphatic carbocycles. The summed E-state index contributed by atoms with van der Waals surface area (Å²) in [6, 6.07) is 0.485. The maximum Gasteiger partial charge on any atom is 0.0535 e. The third-order valence-corrected chi connectivity index (χ3v) is 2.09. The first-order valence-electron chi connectivity index (χ1n) is 4.61. The van der Waals surface area contributed by atoms with Crippen LogP contribution in [0.15, 0.2) is 6.20 Å². The maximum atomic E-state index is 3.97. The lowest BCUT2D eigenvalue weighted by Crippen LogP contribution is -2.34. The minimum Gasteiger partial charge on any atom is -0.318 e. The second-order valence-corrected chi connectivity index (χ2v) is 3.36. The number of likely N-dealkylation sites (N-methyl/N-ethyl adjacent to an activating group) is 1. The zero-order valence-electron chi connectivity index (χ0n) is 8.52. The largest absolute Gasteiger partial charge is 0.318 e. The van der Waals surface area contributed by atoms with Gasteiger partial charge in [-0.2, -0.15) is 5.10 Å². The summed E-state index contributed by atoms with van der Waals surface area (Å²) in [5.41, 5.74) is 2.38. The topological polar surface area (TPSA) is 52.7 Å². The van der Waals surface area contributed by atoms with Gasteiger partial charge in [0.2, 0.25) is 0 Å². The molecule has 1 aromatic rings. The van der Waals surface area contributed by atoms with Crippen LogP contribution in [0.25, 0.3) is 0 Å². The second kappa shape index (κ2) is 4.99. The van der Waals surface area contributed by atoms with Crippen LogP contribution in [-0.2, 0) is 6.54 Å². The molecule has 4 nitrogen and oxygen atoms in total. The van der Waals surface area contributed by atoms with E-state index in [0.717, 1.165) is 18.8 Å². The molecule has 3 N–H and O–H groups in total. The third-order valence-electron chi connectivity index (χ3n) is 2.09. The number of aryl methyl sites for hydroxylation is 1. The maximum absolute atomic E-state index is 3.97. The van der Waals surface area contributed by atoms with Crippen molar-refractivity contribution in [3.8, 4) is 0 Å². The number of hydrogen-bond donors (Lipinski definition) is 3. The molecule has 0 radical (unpaired) electrons. The molecule has 1 rings (SSSR count). The molecule has 0 aromatic carbocycles. The van der Waals surface area contributed by atoms with Gasteiger partial charge in [0.15, 0.2) is 0 Å². The van der Waals surface area contributed by atoms with Gasteiger partial charge in [-0.3, -0.25) is 5.10 Å². The SMILES string of the molecule is CNCC(C)NCc1cn[nH]c1C. The van der Waals surface area contributed by atoms with Crippen molar-refractivity contribution < 1.29 is 0 Å². The standard InChI is InChI=1S/C9H18N4/c1-7(4-10-3)11-5-9-6-12-13-8(9)2/h6-7,10-11H,4-5H2,1-3H3,(H,12,13). The first-order valence-corrected chi connectivity index (χ1v) is 4.61. The second-order valence-electron chi connectivity index (χ2n) is 3.36. The lowest BCUT2D eigenvalue weighted by atomic mass is 10.2. The molecule has 0 aliphatic rings. The number of aromatic nitrogens is 2. The van der Waals surface area contributed by atoms with Crippen LogP contribution in [0.1, 0.15) is 18.2 Å². The molecule has 0 saturated carbocycles. The summed E-state index contributed by atoms with van der Waals surface area (Å²) in [5, 5.41) is 13.4. The van der Waals surface area contributed by atoms with E-state index in [1.807, 2.05) is 20.2 Å². The molecule has 1 aromatic heterocycles. The van der Waals surface area contributed by atoms with Crippen molar-refractivity contribution in [2.45, 2.75) is 26.4 Å². The molecule has 1 atom stereocenters. The number of aromatic amines is 1. The van der Waals surface area contributed by atoms with E-state index in [-0.39, 0.29) is 0 Å². The number of hydrogen-bond acceptors (Lipinski definition) is 3. The van der Waals surface area contributed by atoms with Crippen LogP contribution in [0.3, 0.4) is 0 Å². The van der Waals surface area contributed by atoms with Crippen LogP contribution in [0.5, 0.6) is 0 Å². The molecule has 1 unspecified atom stereocenters. The van der Waals surface area contributed by atoms with Gasteiger partial charge in [-0.1, -0.05) is 0 Å². The molecule has 0 fully saturated rings. The Morgan fingerprint density at radius 3 is 2.92 bits per heavy atom. The Morgan fingerprint density at radius 1 is 1.62 bits per heavy atom. The van der Waals surface area contributed by atoms with Gasteiger partial charge in [-0.05, 0) is 20.9 Å². The predicted octanol–water partition coefficient (Wildman–Crippen LogP) is 0.416. The van der Waals surface area contributed by atoms with E-state index in [9.17, 15) is 0 Å². The fourth-order valence-corrected chi connectivity index (χ4v) is 1.22. The number of nitrogens with zero attached hydrogens (tertiary/aromatic N) is 1. The molecule has 0 amide bonds. The van der Waals surface area contributed by atoms with Crippen LogP contribution in [0, 0.1) is 6.92 Å². The summed E-state index contributed by atoms with van der Waals surface area (Å²) in [5.74, 6) is 0. The zero-order chi connectivity index (χ0) is 9.68. The monoisotopic (exact) mass is 182 g/mol. The Balaban J connectivity index is 2.30.